The Labute approximate surface area is 248 Å². The van der Waals surface area contributed by atoms with Crippen LogP contribution in [-0.2, 0) is 25.5 Å². The van der Waals surface area contributed by atoms with E-state index >= 15 is 0 Å². The number of aryl methyl sites for hydroxylation is 1. The maximum Gasteiger partial charge on any atom is 0.328 e. The van der Waals surface area contributed by atoms with Gasteiger partial charge >= 0.3 is 5.97 Å². The van der Waals surface area contributed by atoms with Gasteiger partial charge in [-0.25, -0.2) is 4.79 Å². The Morgan fingerprint density at radius 2 is 1.79 bits per heavy atom. The van der Waals surface area contributed by atoms with Crippen molar-refractivity contribution < 1.29 is 28.6 Å². The normalized spacial score (nSPS) is 15.9. The van der Waals surface area contributed by atoms with Crippen LogP contribution in [0.2, 0.25) is 0 Å². The summed E-state index contributed by atoms with van der Waals surface area (Å²) in [4.78, 5) is 41.2. The number of carbonyl (C=O) groups excluding carboxylic acids is 3. The Hall–Kier alpha value is -3.79. The fourth-order valence-corrected chi connectivity index (χ4v) is 5.21. The summed E-state index contributed by atoms with van der Waals surface area (Å²) in [6.07, 6.45) is 3.32. The number of fused-ring (bicyclic) bond motifs is 1. The van der Waals surface area contributed by atoms with Crippen molar-refractivity contribution in [2.24, 2.45) is 5.92 Å². The predicted molar refractivity (Wildman–Crippen MR) is 162 cm³/mol. The average molecular weight is 581 g/mol. The lowest BCUT2D eigenvalue weighted by atomic mass is 10.0. The molecule has 2 aliphatic heterocycles. The van der Waals surface area contributed by atoms with Crippen LogP contribution in [0.25, 0.3) is 0 Å². The Morgan fingerprint density at radius 3 is 2.55 bits per heavy atom. The van der Waals surface area contributed by atoms with Crippen molar-refractivity contribution in [1.29, 1.82) is 0 Å². The highest BCUT2D eigenvalue weighted by molar-refractivity contribution is 5.94. The van der Waals surface area contributed by atoms with E-state index in [0.717, 1.165) is 74.7 Å². The number of rotatable bonds is 14. The number of piperazine rings is 1. The second-order valence-electron chi connectivity index (χ2n) is 11.0. The first kappa shape index (κ1) is 31.2. The van der Waals surface area contributed by atoms with Gasteiger partial charge in [0.25, 0.3) is 5.91 Å². The number of nitrogens with one attached hydrogen (secondary N) is 2. The van der Waals surface area contributed by atoms with Crippen LogP contribution < -0.4 is 25.0 Å². The van der Waals surface area contributed by atoms with E-state index in [4.69, 9.17) is 14.2 Å². The minimum atomic E-state index is -0.705. The molecule has 2 N–H and O–H groups in total. The van der Waals surface area contributed by atoms with Crippen molar-refractivity contribution in [3.05, 3.63) is 48.0 Å². The number of esters is 1. The summed E-state index contributed by atoms with van der Waals surface area (Å²) in [5.41, 5.74) is 2.99. The highest BCUT2D eigenvalue weighted by Gasteiger charge is 2.26. The molecule has 0 aliphatic carbocycles. The van der Waals surface area contributed by atoms with E-state index in [1.165, 1.54) is 0 Å². The van der Waals surface area contributed by atoms with E-state index in [1.54, 1.807) is 6.92 Å². The van der Waals surface area contributed by atoms with Gasteiger partial charge in [-0.2, -0.15) is 0 Å². The second kappa shape index (κ2) is 15.4. The van der Waals surface area contributed by atoms with Crippen molar-refractivity contribution in [2.75, 3.05) is 62.8 Å². The van der Waals surface area contributed by atoms with Crippen molar-refractivity contribution in [3.8, 4) is 11.5 Å². The number of hydrogen-bond acceptors (Lipinski definition) is 8. The smallest absolute Gasteiger partial charge is 0.328 e. The van der Waals surface area contributed by atoms with E-state index in [-0.39, 0.29) is 30.9 Å². The van der Waals surface area contributed by atoms with E-state index in [1.807, 2.05) is 56.3 Å². The zero-order valence-corrected chi connectivity index (χ0v) is 25.0. The lowest BCUT2D eigenvalue weighted by Crippen LogP contribution is -2.47. The minimum absolute atomic E-state index is 0.0609. The lowest BCUT2D eigenvalue weighted by molar-refractivity contribution is -0.148. The van der Waals surface area contributed by atoms with Crippen molar-refractivity contribution in [2.45, 2.75) is 52.5 Å². The molecule has 10 nitrogen and oxygen atoms in total. The van der Waals surface area contributed by atoms with Crippen LogP contribution in [0.5, 0.6) is 11.5 Å². The molecule has 2 aromatic carbocycles. The molecule has 2 heterocycles. The molecule has 1 saturated heterocycles. The van der Waals surface area contributed by atoms with Crippen LogP contribution in [-0.4, -0.2) is 81.3 Å². The van der Waals surface area contributed by atoms with Gasteiger partial charge in [-0.1, -0.05) is 32.0 Å². The number of carbonyl (C=O) groups is 3. The maximum atomic E-state index is 12.6. The molecule has 0 saturated carbocycles. The van der Waals surface area contributed by atoms with Crippen LogP contribution in [0.15, 0.2) is 42.5 Å². The number of para-hydroxylation sites is 2. The standard InChI is InChI=1S/C32H44N4O6/c1-4-40-32(39)31(23(2)3)34-30(38)22-42-28-10-6-5-9-27(28)36-18-16-35(17-19-36)15-7-8-20-41-25-13-11-24-12-14-29(37)33-26(24)21-25/h5-6,9-11,13,21,23,31H,4,7-8,12,14-20,22H2,1-3H3,(H,33,37)(H,34,38)/t31-/m0/s1. The summed E-state index contributed by atoms with van der Waals surface area (Å²) in [5, 5.41) is 5.67. The third-order valence-corrected chi connectivity index (χ3v) is 7.57. The molecule has 1 atom stereocenters. The zero-order valence-electron chi connectivity index (χ0n) is 25.0. The van der Waals surface area contributed by atoms with Gasteiger partial charge < -0.3 is 29.7 Å². The number of anilines is 2. The topological polar surface area (TPSA) is 109 Å². The molecule has 0 spiro atoms. The lowest BCUT2D eigenvalue weighted by Gasteiger charge is -2.36. The van der Waals surface area contributed by atoms with Gasteiger partial charge in [-0.3, -0.25) is 14.5 Å². The van der Waals surface area contributed by atoms with Gasteiger partial charge in [0.1, 0.15) is 17.5 Å². The minimum Gasteiger partial charge on any atom is -0.494 e. The summed E-state index contributed by atoms with van der Waals surface area (Å²) >= 11 is 0. The van der Waals surface area contributed by atoms with E-state index in [2.05, 4.69) is 20.4 Å². The predicted octanol–water partition coefficient (Wildman–Crippen LogP) is 3.64. The highest BCUT2D eigenvalue weighted by Crippen LogP contribution is 2.29. The zero-order chi connectivity index (χ0) is 29.9. The number of amides is 2. The Bertz CT molecular complexity index is 1210. The monoisotopic (exact) mass is 580 g/mol. The van der Waals surface area contributed by atoms with Crippen molar-refractivity contribution in [3.63, 3.8) is 0 Å². The van der Waals surface area contributed by atoms with Crippen LogP contribution >= 0.6 is 0 Å². The second-order valence-corrected chi connectivity index (χ2v) is 11.0. The van der Waals surface area contributed by atoms with Crippen LogP contribution in [0.1, 0.15) is 45.6 Å². The third-order valence-electron chi connectivity index (χ3n) is 7.57. The SMILES string of the molecule is CCOC(=O)[C@@H](NC(=O)COc1ccccc1N1CCN(CCCCOc2ccc3c(c2)NC(=O)CC3)CC1)C(C)C. The molecule has 2 amide bonds. The highest BCUT2D eigenvalue weighted by atomic mass is 16.5. The molecule has 0 bridgehead atoms. The maximum absolute atomic E-state index is 12.6. The van der Waals surface area contributed by atoms with Gasteiger partial charge in [0.2, 0.25) is 5.91 Å². The quantitative estimate of drug-likeness (QED) is 0.258. The molecule has 1 fully saturated rings. The number of ether oxygens (including phenoxy) is 3. The van der Waals surface area contributed by atoms with E-state index in [0.29, 0.717) is 18.8 Å². The van der Waals surface area contributed by atoms with Gasteiger partial charge in [-0.05, 0) is 62.4 Å². The number of unbranched alkanes of at least 4 members (excludes halogenated alkanes) is 1. The first-order valence-corrected chi connectivity index (χ1v) is 15.0. The summed E-state index contributed by atoms with van der Waals surface area (Å²) in [6, 6.07) is 13.0. The summed E-state index contributed by atoms with van der Waals surface area (Å²) in [7, 11) is 0. The molecule has 10 heteroatoms. The summed E-state index contributed by atoms with van der Waals surface area (Å²) in [6.45, 7) is 10.8. The number of nitrogens with zero attached hydrogens (tertiary/aromatic N) is 2. The van der Waals surface area contributed by atoms with E-state index in [9.17, 15) is 14.4 Å². The number of benzene rings is 2. The van der Waals surface area contributed by atoms with Crippen LogP contribution in [0, 0.1) is 5.92 Å². The van der Waals surface area contributed by atoms with Crippen molar-refractivity contribution >= 4 is 29.2 Å². The Kier molecular flexibility index (Phi) is 11.5. The van der Waals surface area contributed by atoms with Gasteiger partial charge in [-0.15, -0.1) is 0 Å². The first-order valence-electron chi connectivity index (χ1n) is 15.0. The summed E-state index contributed by atoms with van der Waals surface area (Å²) < 4.78 is 16.9. The van der Waals surface area contributed by atoms with Gasteiger partial charge in [0.15, 0.2) is 6.61 Å². The molecule has 4 rings (SSSR count). The van der Waals surface area contributed by atoms with Gasteiger partial charge in [0, 0.05) is 44.4 Å². The third kappa shape index (κ3) is 8.85. The first-order chi connectivity index (χ1) is 20.3. The summed E-state index contributed by atoms with van der Waals surface area (Å²) in [5.74, 6) is 0.620. The van der Waals surface area contributed by atoms with Crippen LogP contribution in [0.3, 0.4) is 0 Å². The molecule has 0 aromatic heterocycles. The fraction of sp³-hybridized carbons (Fsp3) is 0.531. The molecule has 228 valence electrons. The number of hydrogen-bond donors (Lipinski definition) is 2. The van der Waals surface area contributed by atoms with Gasteiger partial charge in [0.05, 0.1) is 18.9 Å². The molecular formula is C32H44N4O6. The van der Waals surface area contributed by atoms with E-state index < -0.39 is 12.0 Å². The average Bonchev–Trinajstić information content (AvgIpc) is 2.99. The van der Waals surface area contributed by atoms with Crippen LogP contribution in [0.4, 0.5) is 11.4 Å². The Morgan fingerprint density at radius 1 is 1.00 bits per heavy atom. The molecule has 0 unspecified atom stereocenters. The molecule has 42 heavy (non-hydrogen) atoms. The largest absolute Gasteiger partial charge is 0.494 e. The fourth-order valence-electron chi connectivity index (χ4n) is 5.21. The molecular weight excluding hydrogens is 536 g/mol. The molecule has 2 aromatic rings. The Balaban J connectivity index is 1.17. The molecule has 2 aliphatic rings. The van der Waals surface area contributed by atoms with Crippen molar-refractivity contribution in [1.82, 2.24) is 10.2 Å². The molecule has 0 radical (unpaired) electrons.